The summed E-state index contributed by atoms with van der Waals surface area (Å²) in [5.41, 5.74) is 0.709. The van der Waals surface area contributed by atoms with Gasteiger partial charge in [0.15, 0.2) is 0 Å². The summed E-state index contributed by atoms with van der Waals surface area (Å²) < 4.78 is 2.59. The summed E-state index contributed by atoms with van der Waals surface area (Å²) in [4.78, 5) is 2.49. The Labute approximate surface area is 105 Å². The molecule has 2 aliphatic rings. The van der Waals surface area contributed by atoms with Gasteiger partial charge < -0.3 is 4.90 Å². The lowest BCUT2D eigenvalue weighted by Gasteiger charge is -2.46. The molecule has 0 aromatic carbocycles. The van der Waals surface area contributed by atoms with Crippen molar-refractivity contribution in [2.24, 2.45) is 5.41 Å². The first-order valence-electron chi connectivity index (χ1n) is 6.70. The summed E-state index contributed by atoms with van der Waals surface area (Å²) >= 11 is 2.05. The molecule has 2 rings (SSSR count). The predicted octanol–water partition coefficient (Wildman–Crippen LogP) is 2.85. The van der Waals surface area contributed by atoms with Crippen molar-refractivity contribution in [3.63, 3.8) is 0 Å². The minimum Gasteiger partial charge on any atom is -0.306 e. The normalized spacial score (nSPS) is 27.8. The van der Waals surface area contributed by atoms with Crippen LogP contribution in [0.2, 0.25) is 0 Å². The Hall–Kier alpha value is 0.270. The highest BCUT2D eigenvalue weighted by Gasteiger charge is 2.36. The molecule has 0 N–H and O–H groups in total. The highest BCUT2D eigenvalue weighted by molar-refractivity contribution is 7.97. The van der Waals surface area contributed by atoms with E-state index in [0.29, 0.717) is 5.41 Å². The number of rotatable bonds is 2. The van der Waals surface area contributed by atoms with Gasteiger partial charge in [-0.2, -0.15) is 0 Å². The fourth-order valence-corrected chi connectivity index (χ4v) is 3.95. The smallest absolute Gasteiger partial charge is 0.0138 e. The van der Waals surface area contributed by atoms with Gasteiger partial charge in [-0.25, -0.2) is 0 Å². The zero-order chi connectivity index (χ0) is 11.6. The van der Waals surface area contributed by atoms with Crippen LogP contribution < -0.4 is 0 Å². The zero-order valence-electron chi connectivity index (χ0n) is 11.0. The van der Waals surface area contributed by atoms with Crippen molar-refractivity contribution >= 4 is 11.9 Å². The SMILES string of the molecule is CC(C)SN1CCC2(CCN(C)CC2)CC1. The molecule has 0 atom stereocenters. The summed E-state index contributed by atoms with van der Waals surface area (Å²) in [6.45, 7) is 9.85. The van der Waals surface area contributed by atoms with Crippen LogP contribution in [0.3, 0.4) is 0 Å². The van der Waals surface area contributed by atoms with Crippen molar-refractivity contribution in [2.45, 2.75) is 44.8 Å². The summed E-state index contributed by atoms with van der Waals surface area (Å²) in [5.74, 6) is 0. The molecular formula is C13H26N2S. The van der Waals surface area contributed by atoms with Gasteiger partial charge in [-0.05, 0) is 51.2 Å². The third-order valence-electron chi connectivity index (χ3n) is 4.19. The van der Waals surface area contributed by atoms with Gasteiger partial charge in [-0.1, -0.05) is 25.8 Å². The van der Waals surface area contributed by atoms with Gasteiger partial charge in [0, 0.05) is 18.3 Å². The minimum atomic E-state index is 0.709. The lowest BCUT2D eigenvalue weighted by atomic mass is 9.72. The van der Waals surface area contributed by atoms with Crippen molar-refractivity contribution in [3.8, 4) is 0 Å². The summed E-state index contributed by atoms with van der Waals surface area (Å²) in [7, 11) is 2.26. The Bertz CT molecular complexity index is 212. The van der Waals surface area contributed by atoms with Crippen LogP contribution in [0, 0.1) is 5.41 Å². The second kappa shape index (κ2) is 5.28. The minimum absolute atomic E-state index is 0.709. The molecular weight excluding hydrogens is 216 g/mol. The van der Waals surface area contributed by atoms with Crippen LogP contribution in [-0.2, 0) is 0 Å². The van der Waals surface area contributed by atoms with Gasteiger partial charge in [0.2, 0.25) is 0 Å². The first-order chi connectivity index (χ1) is 7.60. The zero-order valence-corrected chi connectivity index (χ0v) is 11.9. The molecule has 3 heteroatoms. The van der Waals surface area contributed by atoms with Gasteiger partial charge >= 0.3 is 0 Å². The van der Waals surface area contributed by atoms with Crippen molar-refractivity contribution in [3.05, 3.63) is 0 Å². The standard InChI is InChI=1S/C13H26N2S/c1-12(2)16-15-10-6-13(7-11-15)4-8-14(3)9-5-13/h12H,4-11H2,1-3H3. The monoisotopic (exact) mass is 242 g/mol. The maximum atomic E-state index is 2.59. The van der Waals surface area contributed by atoms with E-state index in [2.05, 4.69) is 30.1 Å². The van der Waals surface area contributed by atoms with Crippen LogP contribution >= 0.6 is 11.9 Å². The maximum Gasteiger partial charge on any atom is 0.0138 e. The van der Waals surface area contributed by atoms with Crippen molar-refractivity contribution in [1.29, 1.82) is 0 Å². The summed E-state index contributed by atoms with van der Waals surface area (Å²) in [6.07, 6.45) is 5.73. The molecule has 0 amide bonds. The third kappa shape index (κ3) is 3.14. The average Bonchev–Trinajstić information content (AvgIpc) is 2.26. The first kappa shape index (κ1) is 12.7. The average molecular weight is 242 g/mol. The van der Waals surface area contributed by atoms with Gasteiger partial charge in [0.25, 0.3) is 0 Å². The van der Waals surface area contributed by atoms with Gasteiger partial charge in [-0.15, -0.1) is 0 Å². The van der Waals surface area contributed by atoms with Gasteiger partial charge in [0.05, 0.1) is 0 Å². The van der Waals surface area contributed by atoms with Gasteiger partial charge in [0.1, 0.15) is 0 Å². The Kier molecular flexibility index (Phi) is 4.20. The van der Waals surface area contributed by atoms with Crippen LogP contribution in [-0.4, -0.2) is 47.7 Å². The topological polar surface area (TPSA) is 6.48 Å². The molecule has 2 aliphatic heterocycles. The largest absolute Gasteiger partial charge is 0.306 e. The number of hydrogen-bond acceptors (Lipinski definition) is 3. The van der Waals surface area contributed by atoms with Crippen LogP contribution in [0.15, 0.2) is 0 Å². The molecule has 0 saturated carbocycles. The van der Waals surface area contributed by atoms with E-state index in [9.17, 15) is 0 Å². The Balaban J connectivity index is 1.80. The molecule has 2 nitrogen and oxygen atoms in total. The number of piperidine rings is 2. The molecule has 0 radical (unpaired) electrons. The third-order valence-corrected chi connectivity index (χ3v) is 5.28. The molecule has 16 heavy (non-hydrogen) atoms. The lowest BCUT2D eigenvalue weighted by Crippen LogP contribution is -2.44. The van der Waals surface area contributed by atoms with E-state index in [1.807, 2.05) is 11.9 Å². The molecule has 0 aliphatic carbocycles. The van der Waals surface area contributed by atoms with E-state index in [1.165, 1.54) is 51.9 Å². The van der Waals surface area contributed by atoms with Crippen LogP contribution in [0.5, 0.6) is 0 Å². The first-order valence-corrected chi connectivity index (χ1v) is 7.54. The van der Waals surface area contributed by atoms with Crippen LogP contribution in [0.25, 0.3) is 0 Å². The number of nitrogens with zero attached hydrogens (tertiary/aromatic N) is 2. The second-order valence-electron chi connectivity index (χ2n) is 5.89. The van der Waals surface area contributed by atoms with Crippen molar-refractivity contribution < 1.29 is 0 Å². The van der Waals surface area contributed by atoms with Crippen molar-refractivity contribution in [2.75, 3.05) is 33.2 Å². The molecule has 0 aromatic rings. The van der Waals surface area contributed by atoms with Crippen LogP contribution in [0.4, 0.5) is 0 Å². The maximum absolute atomic E-state index is 2.59. The Morgan fingerprint density at radius 3 is 1.94 bits per heavy atom. The molecule has 1 spiro atoms. The van der Waals surface area contributed by atoms with E-state index in [1.54, 1.807) is 0 Å². The van der Waals surface area contributed by atoms with Crippen molar-refractivity contribution in [1.82, 2.24) is 9.21 Å². The summed E-state index contributed by atoms with van der Waals surface area (Å²) in [6, 6.07) is 0. The molecule has 0 aromatic heterocycles. The molecule has 0 bridgehead atoms. The lowest BCUT2D eigenvalue weighted by molar-refractivity contribution is 0.0695. The predicted molar refractivity (Wildman–Crippen MR) is 72.7 cm³/mol. The molecule has 2 fully saturated rings. The van der Waals surface area contributed by atoms with E-state index >= 15 is 0 Å². The van der Waals surface area contributed by atoms with E-state index in [0.717, 1.165) is 5.25 Å². The fraction of sp³-hybridized carbons (Fsp3) is 1.00. The number of hydrogen-bond donors (Lipinski definition) is 0. The molecule has 94 valence electrons. The van der Waals surface area contributed by atoms with E-state index < -0.39 is 0 Å². The van der Waals surface area contributed by atoms with Gasteiger partial charge in [-0.3, -0.25) is 4.31 Å². The molecule has 2 saturated heterocycles. The highest BCUT2D eigenvalue weighted by atomic mass is 32.2. The number of likely N-dealkylation sites (tertiary alicyclic amines) is 1. The Morgan fingerprint density at radius 1 is 0.938 bits per heavy atom. The second-order valence-corrected chi connectivity index (χ2v) is 7.56. The Morgan fingerprint density at radius 2 is 1.44 bits per heavy atom. The molecule has 0 unspecified atom stereocenters. The highest BCUT2D eigenvalue weighted by Crippen LogP contribution is 2.42. The van der Waals surface area contributed by atoms with E-state index in [-0.39, 0.29) is 0 Å². The quantitative estimate of drug-likeness (QED) is 0.688. The fourth-order valence-electron chi connectivity index (χ4n) is 2.96. The van der Waals surface area contributed by atoms with E-state index in [4.69, 9.17) is 0 Å². The van der Waals surface area contributed by atoms with Crippen LogP contribution in [0.1, 0.15) is 39.5 Å². The molecule has 2 heterocycles. The summed E-state index contributed by atoms with van der Waals surface area (Å²) in [5, 5.41) is 0.742.